The topological polar surface area (TPSA) is 40.5 Å². The smallest absolute Gasteiger partial charge is 0.123 e. The zero-order valence-electron chi connectivity index (χ0n) is 13.6. The van der Waals surface area contributed by atoms with E-state index >= 15 is 0 Å². The fourth-order valence-electron chi connectivity index (χ4n) is 2.64. The first-order valence-electron chi connectivity index (χ1n) is 7.59. The summed E-state index contributed by atoms with van der Waals surface area (Å²) < 4.78 is 0. The van der Waals surface area contributed by atoms with Crippen LogP contribution in [0.3, 0.4) is 0 Å². The van der Waals surface area contributed by atoms with E-state index in [0.717, 1.165) is 22.3 Å². The summed E-state index contributed by atoms with van der Waals surface area (Å²) in [5, 5.41) is 20.4. The molecule has 0 aliphatic heterocycles. The van der Waals surface area contributed by atoms with Crippen LogP contribution in [-0.2, 0) is 0 Å². The predicted octanol–water partition coefficient (Wildman–Crippen LogP) is 5.59. The van der Waals surface area contributed by atoms with Crippen molar-refractivity contribution in [3.05, 3.63) is 77.9 Å². The molecule has 2 rings (SSSR count). The van der Waals surface area contributed by atoms with Crippen molar-refractivity contribution < 1.29 is 10.2 Å². The summed E-state index contributed by atoms with van der Waals surface area (Å²) in [6.07, 6.45) is 5.47. The van der Waals surface area contributed by atoms with Crippen molar-refractivity contribution in [2.45, 2.75) is 19.8 Å². The van der Waals surface area contributed by atoms with Gasteiger partial charge in [-0.3, -0.25) is 0 Å². The molecule has 0 bridgehead atoms. The Balaban J connectivity index is 2.56. The normalized spacial score (nSPS) is 11.5. The second kappa shape index (κ2) is 7.01. The molecule has 2 N–H and O–H groups in total. The van der Waals surface area contributed by atoms with Crippen LogP contribution in [0, 0.1) is 0 Å². The summed E-state index contributed by atoms with van der Waals surface area (Å²) in [7, 11) is 0. The molecular weight excluding hydrogens is 284 g/mol. The molecule has 0 aliphatic rings. The maximum atomic E-state index is 10.2. The number of phenolic OH excluding ortho intramolecular Hbond substituents is 2. The maximum Gasteiger partial charge on any atom is 0.123 e. The fraction of sp³-hybridized carbons (Fsp3) is 0.143. The lowest BCUT2D eigenvalue weighted by Gasteiger charge is -2.13. The predicted molar refractivity (Wildman–Crippen MR) is 98.5 cm³/mol. The highest BCUT2D eigenvalue weighted by Crippen LogP contribution is 2.37. The highest BCUT2D eigenvalue weighted by atomic mass is 16.3. The number of allylic oxidation sites excluding steroid dienone is 2. The van der Waals surface area contributed by atoms with Gasteiger partial charge in [0.05, 0.1) is 0 Å². The van der Waals surface area contributed by atoms with Crippen molar-refractivity contribution in [1.29, 1.82) is 0 Å². The largest absolute Gasteiger partial charge is 0.507 e. The Morgan fingerprint density at radius 1 is 1.00 bits per heavy atom. The van der Waals surface area contributed by atoms with Gasteiger partial charge in [0.25, 0.3) is 0 Å². The second-order valence-corrected chi connectivity index (χ2v) is 5.72. The van der Waals surface area contributed by atoms with Crippen LogP contribution in [-0.4, -0.2) is 10.2 Å². The molecule has 118 valence electrons. The molecule has 2 aromatic carbocycles. The lowest BCUT2D eigenvalue weighted by Crippen LogP contribution is -1.92. The third kappa shape index (κ3) is 3.54. The molecule has 0 saturated carbocycles. The van der Waals surface area contributed by atoms with E-state index in [0.29, 0.717) is 5.56 Å². The van der Waals surface area contributed by atoms with Crippen molar-refractivity contribution in [3.8, 4) is 11.5 Å². The molecule has 0 unspecified atom stereocenters. The Kier molecular flexibility index (Phi) is 5.07. The average Bonchev–Trinajstić information content (AvgIpc) is 2.51. The lowest BCUT2D eigenvalue weighted by atomic mass is 9.94. The van der Waals surface area contributed by atoms with Crippen LogP contribution in [0.25, 0.3) is 17.7 Å². The van der Waals surface area contributed by atoms with Crippen LogP contribution in [0.1, 0.15) is 42.0 Å². The van der Waals surface area contributed by atoms with Gasteiger partial charge in [0, 0.05) is 5.56 Å². The van der Waals surface area contributed by atoms with Crippen molar-refractivity contribution >= 4 is 17.7 Å². The van der Waals surface area contributed by atoms with Crippen molar-refractivity contribution in [2.75, 3.05) is 0 Å². The minimum atomic E-state index is 0.0432. The van der Waals surface area contributed by atoms with Crippen molar-refractivity contribution in [2.24, 2.45) is 0 Å². The molecule has 2 aromatic rings. The molecular formula is C21H22O2. The average molecular weight is 306 g/mol. The van der Waals surface area contributed by atoms with E-state index in [1.165, 1.54) is 0 Å². The van der Waals surface area contributed by atoms with Gasteiger partial charge < -0.3 is 10.2 Å². The van der Waals surface area contributed by atoms with E-state index in [9.17, 15) is 10.2 Å². The van der Waals surface area contributed by atoms with Crippen LogP contribution in [0.5, 0.6) is 11.5 Å². The van der Waals surface area contributed by atoms with Crippen molar-refractivity contribution in [3.63, 3.8) is 0 Å². The zero-order chi connectivity index (χ0) is 17.0. The Hall–Kier alpha value is -2.74. The number of rotatable bonds is 5. The summed E-state index contributed by atoms with van der Waals surface area (Å²) in [5.74, 6) is 0.237. The van der Waals surface area contributed by atoms with Crippen LogP contribution in [0.4, 0.5) is 0 Å². The monoisotopic (exact) mass is 306 g/mol. The molecule has 0 saturated heterocycles. The van der Waals surface area contributed by atoms with Gasteiger partial charge >= 0.3 is 0 Å². The van der Waals surface area contributed by atoms with Gasteiger partial charge in [-0.2, -0.15) is 0 Å². The van der Waals surface area contributed by atoms with E-state index in [1.807, 2.05) is 44.2 Å². The minimum absolute atomic E-state index is 0.0432. The lowest BCUT2D eigenvalue weighted by molar-refractivity contribution is 0.433. The molecule has 0 fully saturated rings. The molecule has 0 atom stereocenters. The standard InChI is InChI=1S/C21H22O2/c1-5-15-9-7-8-10-17(15)11-16(6-2)18-12-19(22)21(14(3)4)20(23)13-18/h5-14,22-23H,1-2H2,3-4H3/b16-11+. The van der Waals surface area contributed by atoms with E-state index in [-0.39, 0.29) is 17.4 Å². The molecule has 23 heavy (non-hydrogen) atoms. The highest BCUT2D eigenvalue weighted by molar-refractivity contribution is 5.89. The fourth-order valence-corrected chi connectivity index (χ4v) is 2.64. The third-order valence-corrected chi connectivity index (χ3v) is 3.79. The van der Waals surface area contributed by atoms with Crippen LogP contribution in [0.2, 0.25) is 0 Å². The molecule has 0 amide bonds. The van der Waals surface area contributed by atoms with Gasteiger partial charge in [-0.15, -0.1) is 0 Å². The molecule has 0 aliphatic carbocycles. The van der Waals surface area contributed by atoms with Crippen LogP contribution >= 0.6 is 0 Å². The number of aromatic hydroxyl groups is 2. The van der Waals surface area contributed by atoms with Crippen molar-refractivity contribution in [1.82, 2.24) is 0 Å². The van der Waals surface area contributed by atoms with Crippen LogP contribution < -0.4 is 0 Å². The quantitative estimate of drug-likeness (QED) is 0.558. The van der Waals surface area contributed by atoms with E-state index in [1.54, 1.807) is 24.3 Å². The van der Waals surface area contributed by atoms with Gasteiger partial charge in [0.1, 0.15) is 11.5 Å². The molecule has 0 radical (unpaired) electrons. The first-order valence-corrected chi connectivity index (χ1v) is 7.59. The Morgan fingerprint density at radius 3 is 2.04 bits per heavy atom. The second-order valence-electron chi connectivity index (χ2n) is 5.72. The summed E-state index contributed by atoms with van der Waals surface area (Å²) in [6, 6.07) is 11.2. The molecule has 0 aromatic heterocycles. The highest BCUT2D eigenvalue weighted by Gasteiger charge is 2.14. The molecule has 2 heteroatoms. The van der Waals surface area contributed by atoms with Gasteiger partial charge in [-0.05, 0) is 46.4 Å². The Morgan fingerprint density at radius 2 is 1.57 bits per heavy atom. The van der Waals surface area contributed by atoms with Gasteiger partial charge in [-0.25, -0.2) is 0 Å². The minimum Gasteiger partial charge on any atom is -0.507 e. The third-order valence-electron chi connectivity index (χ3n) is 3.79. The van der Waals surface area contributed by atoms with Crippen LogP contribution in [0.15, 0.2) is 55.6 Å². The maximum absolute atomic E-state index is 10.2. The summed E-state index contributed by atoms with van der Waals surface area (Å²) >= 11 is 0. The molecule has 0 spiro atoms. The summed E-state index contributed by atoms with van der Waals surface area (Å²) in [4.78, 5) is 0. The number of hydrogen-bond donors (Lipinski definition) is 2. The first-order chi connectivity index (χ1) is 11.0. The number of benzene rings is 2. The van der Waals surface area contributed by atoms with E-state index in [2.05, 4.69) is 13.2 Å². The first kappa shape index (κ1) is 16.6. The number of phenols is 2. The van der Waals surface area contributed by atoms with Gasteiger partial charge in [-0.1, -0.05) is 63.4 Å². The van der Waals surface area contributed by atoms with Gasteiger partial charge in [0.2, 0.25) is 0 Å². The summed E-state index contributed by atoms with van der Waals surface area (Å²) in [5.41, 5.74) is 4.12. The van der Waals surface area contributed by atoms with E-state index < -0.39 is 0 Å². The number of hydrogen-bond acceptors (Lipinski definition) is 2. The zero-order valence-corrected chi connectivity index (χ0v) is 13.6. The Bertz CT molecular complexity index is 744. The summed E-state index contributed by atoms with van der Waals surface area (Å²) in [6.45, 7) is 11.5. The molecule has 0 heterocycles. The van der Waals surface area contributed by atoms with Gasteiger partial charge in [0.15, 0.2) is 0 Å². The SMILES string of the molecule is C=C/C(=C\c1ccccc1C=C)c1cc(O)c(C(C)C)c(O)c1. The van der Waals surface area contributed by atoms with E-state index in [4.69, 9.17) is 0 Å². The molecule has 2 nitrogen and oxygen atoms in total. The Labute approximate surface area is 137 Å².